The predicted octanol–water partition coefficient (Wildman–Crippen LogP) is 12.3. The van der Waals surface area contributed by atoms with Gasteiger partial charge in [0.15, 0.2) is 23.6 Å². The van der Waals surface area contributed by atoms with Crippen LogP contribution in [0.5, 0.6) is 5.75 Å². The van der Waals surface area contributed by atoms with E-state index in [1.54, 1.807) is 24.3 Å². The Kier molecular flexibility index (Phi) is 17.7. The minimum atomic E-state index is -4.54. The van der Waals surface area contributed by atoms with Crippen LogP contribution in [0, 0.1) is 5.92 Å². The summed E-state index contributed by atoms with van der Waals surface area (Å²) in [7, 11) is 1.42. The molecule has 0 aliphatic heterocycles. The minimum Gasteiger partial charge on any atom is -0.495 e. The summed E-state index contributed by atoms with van der Waals surface area (Å²) < 4.78 is 120. The number of ether oxygens (including phenoxy) is 1. The number of halogens is 12. The number of benzene rings is 3. The Balaban J connectivity index is 0.000000166. The number of methoxy groups -OCH3 is 1. The molecular weight excluding hydrogens is 1040 g/mol. The number of hydrogen-bond donors (Lipinski definition) is 2. The second kappa shape index (κ2) is 23.1. The number of aldehydes is 1. The van der Waals surface area contributed by atoms with Crippen molar-refractivity contribution in [2.45, 2.75) is 63.8 Å². The molecule has 1 atom stereocenters. The molecule has 0 spiro atoms. The van der Waals surface area contributed by atoms with Crippen molar-refractivity contribution in [3.8, 4) is 5.75 Å². The van der Waals surface area contributed by atoms with Gasteiger partial charge in [0.25, 0.3) is 0 Å². The molecule has 0 saturated heterocycles. The first-order valence-electron chi connectivity index (χ1n) is 21.4. The third-order valence-electron chi connectivity index (χ3n) is 11.6. The van der Waals surface area contributed by atoms with Crippen LogP contribution in [0.3, 0.4) is 0 Å². The highest BCUT2D eigenvalue weighted by atomic mass is 35.5. The molecule has 3 aromatic carbocycles. The normalized spacial score (nSPS) is 15.3. The molecule has 3 aromatic heterocycles. The van der Waals surface area contributed by atoms with Gasteiger partial charge < -0.3 is 14.9 Å². The predicted molar refractivity (Wildman–Crippen MR) is 250 cm³/mol. The number of aryl methyl sites for hydroxylation is 1. The first-order chi connectivity index (χ1) is 34.4. The van der Waals surface area contributed by atoms with Crippen molar-refractivity contribution < 1.29 is 73.6 Å². The number of Topliss-reactive ketones (excluding diaryl/α,β-unsaturated/α-hetero) is 3. The number of rotatable bonds is 7. The Morgan fingerprint density at radius 3 is 1.71 bits per heavy atom. The molecule has 73 heavy (non-hydrogen) atoms. The van der Waals surface area contributed by atoms with E-state index in [0.29, 0.717) is 67.0 Å². The van der Waals surface area contributed by atoms with E-state index < -0.39 is 46.8 Å². The maximum Gasteiger partial charge on any atom is 0.418 e. The summed E-state index contributed by atoms with van der Waals surface area (Å²) in [6.07, 6.45) is -6.83. The van der Waals surface area contributed by atoms with E-state index in [0.717, 1.165) is 48.0 Å². The Bertz CT molecular complexity index is 3130. The second-order valence-electron chi connectivity index (χ2n) is 16.2. The Hall–Kier alpha value is -6.51. The lowest BCUT2D eigenvalue weighted by Crippen LogP contribution is -2.17. The zero-order valence-corrected chi connectivity index (χ0v) is 39.9. The number of pyridine rings is 3. The molecule has 3 aliphatic rings. The van der Waals surface area contributed by atoms with Gasteiger partial charge in [0, 0.05) is 76.1 Å². The van der Waals surface area contributed by atoms with Crippen LogP contribution in [0.1, 0.15) is 104 Å². The summed E-state index contributed by atoms with van der Waals surface area (Å²) in [5.41, 5.74) is 1.49. The Labute approximate surface area is 424 Å². The Morgan fingerprint density at radius 2 is 1.16 bits per heavy atom. The lowest BCUT2D eigenvalue weighted by atomic mass is 9.96. The number of aliphatic hydroxyl groups excluding tert-OH is 2. The van der Waals surface area contributed by atoms with Gasteiger partial charge in [-0.25, -0.2) is 0 Å². The first kappa shape index (κ1) is 55.8. The maximum absolute atomic E-state index is 13.1. The number of carbonyl (C=O) groups excluding carboxylic acids is 4. The zero-order valence-electron chi connectivity index (χ0n) is 37.7. The molecule has 0 amide bonds. The van der Waals surface area contributed by atoms with E-state index in [2.05, 4.69) is 15.0 Å². The Morgan fingerprint density at radius 1 is 0.644 bits per heavy atom. The number of nitrogens with zero attached hydrogens (tertiary/aromatic N) is 3. The van der Waals surface area contributed by atoms with E-state index in [9.17, 15) is 63.8 Å². The van der Waals surface area contributed by atoms with Crippen molar-refractivity contribution in [3.05, 3.63) is 190 Å². The minimum absolute atomic E-state index is 0.0861. The second-order valence-corrected chi connectivity index (χ2v) is 17.4. The number of aromatic nitrogens is 3. The summed E-state index contributed by atoms with van der Waals surface area (Å²) in [6.45, 7) is -0.415. The molecule has 2 N–H and O–H groups in total. The SMILES string of the molecule is COc1cc2c(cc1Cl)C/C(=C\c1ncccc1C(F)(F)F)C2=O.O=C1CCc2cc(Cl)c(CO)cc21.O=C1c2cc(CO)c(Cl)cc2CC1Cc1ncccc1C(F)(F)F.O=Cc1ncccc1C(F)(F)F. The van der Waals surface area contributed by atoms with Crippen LogP contribution in [0.25, 0.3) is 6.08 Å². The molecular formula is C51H37Cl3F9N3O7. The highest BCUT2D eigenvalue weighted by Gasteiger charge is 2.38. The largest absolute Gasteiger partial charge is 0.495 e. The summed E-state index contributed by atoms with van der Waals surface area (Å²) in [5, 5.41) is 19.4. The van der Waals surface area contributed by atoms with Crippen molar-refractivity contribution in [2.24, 2.45) is 5.92 Å². The van der Waals surface area contributed by atoms with Gasteiger partial charge in [-0.05, 0) is 120 Å². The van der Waals surface area contributed by atoms with Gasteiger partial charge in [0.1, 0.15) is 11.4 Å². The van der Waals surface area contributed by atoms with Crippen LogP contribution in [0.2, 0.25) is 15.1 Å². The van der Waals surface area contributed by atoms with Crippen molar-refractivity contribution in [1.82, 2.24) is 15.0 Å². The van der Waals surface area contributed by atoms with Gasteiger partial charge >= 0.3 is 18.5 Å². The average molecular weight is 1080 g/mol. The number of carbonyl (C=O) groups is 4. The van der Waals surface area contributed by atoms with Crippen molar-refractivity contribution in [3.63, 3.8) is 0 Å². The lowest BCUT2D eigenvalue weighted by Gasteiger charge is -2.13. The van der Waals surface area contributed by atoms with Crippen molar-refractivity contribution in [1.29, 1.82) is 0 Å². The molecule has 3 heterocycles. The fraction of sp³-hybridized carbons (Fsp3) is 0.235. The molecule has 6 aromatic rings. The molecule has 0 fully saturated rings. The molecule has 382 valence electrons. The van der Waals surface area contributed by atoms with E-state index in [1.807, 2.05) is 0 Å². The van der Waals surface area contributed by atoms with E-state index in [4.69, 9.17) is 44.6 Å². The smallest absolute Gasteiger partial charge is 0.418 e. The number of fused-ring (bicyclic) bond motifs is 3. The van der Waals surface area contributed by atoms with E-state index >= 15 is 0 Å². The fourth-order valence-electron chi connectivity index (χ4n) is 8.02. The fourth-order valence-corrected chi connectivity index (χ4v) is 8.77. The van der Waals surface area contributed by atoms with Crippen LogP contribution < -0.4 is 4.74 Å². The number of allylic oxidation sites excluding steroid dienone is 1. The zero-order chi connectivity index (χ0) is 53.6. The molecule has 9 rings (SSSR count). The monoisotopic (exact) mass is 1080 g/mol. The van der Waals surface area contributed by atoms with Gasteiger partial charge in [-0.15, -0.1) is 0 Å². The van der Waals surface area contributed by atoms with Crippen LogP contribution in [0.4, 0.5) is 39.5 Å². The first-order valence-corrected chi connectivity index (χ1v) is 22.6. The highest BCUT2D eigenvalue weighted by Crippen LogP contribution is 2.39. The molecule has 10 nitrogen and oxygen atoms in total. The van der Waals surface area contributed by atoms with Gasteiger partial charge in [-0.3, -0.25) is 34.1 Å². The summed E-state index contributed by atoms with van der Waals surface area (Å²) >= 11 is 17.9. The lowest BCUT2D eigenvalue weighted by molar-refractivity contribution is -0.139. The van der Waals surface area contributed by atoms with Crippen LogP contribution in [0.15, 0.2) is 97.0 Å². The van der Waals surface area contributed by atoms with E-state index in [1.165, 1.54) is 49.8 Å². The van der Waals surface area contributed by atoms with Crippen molar-refractivity contribution >= 4 is 64.5 Å². The number of alkyl halides is 9. The number of aliphatic hydroxyl groups is 2. The molecule has 0 saturated carbocycles. The summed E-state index contributed by atoms with van der Waals surface area (Å²) in [5.74, 6) is -0.699. The quantitative estimate of drug-likeness (QED) is 0.0896. The third kappa shape index (κ3) is 13.2. The van der Waals surface area contributed by atoms with Crippen molar-refractivity contribution in [2.75, 3.05) is 7.11 Å². The molecule has 0 bridgehead atoms. The van der Waals surface area contributed by atoms with Gasteiger partial charge in [0.2, 0.25) is 0 Å². The number of ketones is 3. The van der Waals surface area contributed by atoms with Crippen LogP contribution in [-0.2, 0) is 57.4 Å². The molecule has 1 unspecified atom stereocenters. The standard InChI is InChI=1S/C17H11ClF3NO2.C17H13ClF3NO2.C10H9ClO2.C7H4F3NO/c1-24-15-8-11-9(6-13(15)18)5-10(16(11)23)7-14-12(17(19,20)21)3-2-4-22-14;18-14-6-9-4-10(16(24)12(9)5-11(14)8-23)7-15-13(17(19,20)21)2-1-3-22-15;11-9-4-6-1-2-10(13)8(6)3-7(9)5-12;8-7(9,10)5-2-1-3-11-6(5)4-12/h2-4,6-8H,5H2,1H3;1-3,5-6,10,23H,4,7-8H2;3-4,12H,1-2,5H2;1-4H/b10-7+;;;. The highest BCUT2D eigenvalue weighted by molar-refractivity contribution is 6.33. The molecule has 0 radical (unpaired) electrons. The molecule has 3 aliphatic carbocycles. The topological polar surface area (TPSA) is 157 Å². The molecule has 22 heteroatoms. The average Bonchev–Trinajstić information content (AvgIpc) is 3.96. The van der Waals surface area contributed by atoms with Gasteiger partial charge in [0.05, 0.1) is 53.4 Å². The maximum atomic E-state index is 13.1. The summed E-state index contributed by atoms with van der Waals surface area (Å²) in [6, 6.07) is 16.0. The van der Waals surface area contributed by atoms with Crippen LogP contribution >= 0.6 is 34.8 Å². The summed E-state index contributed by atoms with van der Waals surface area (Å²) in [4.78, 5) is 57.3. The van der Waals surface area contributed by atoms with Gasteiger partial charge in [-0.2, -0.15) is 39.5 Å². The van der Waals surface area contributed by atoms with Crippen LogP contribution in [-0.4, -0.2) is 55.9 Å². The third-order valence-corrected chi connectivity index (χ3v) is 12.5. The number of hydrogen-bond acceptors (Lipinski definition) is 10. The van der Waals surface area contributed by atoms with E-state index in [-0.39, 0.29) is 66.7 Å². The van der Waals surface area contributed by atoms with Gasteiger partial charge in [-0.1, -0.05) is 34.8 Å².